The fourth-order valence-corrected chi connectivity index (χ4v) is 4.05. The number of aryl methyl sites for hydroxylation is 2. The predicted molar refractivity (Wildman–Crippen MR) is 125 cm³/mol. The standard InChI is InChI=1S/C25H31N5O3/c1-18-23(33-20-12-8-5-9-13-20)15-26-24(28-18)21-14-27-30(3)22(21)17-32-25(31)29(2)16-19-10-6-4-7-11-19/h4,6-7,10-11,14-15,20H,5,8-9,12-13,16-17H2,1-3H3. The molecule has 8 nitrogen and oxygen atoms in total. The zero-order valence-electron chi connectivity index (χ0n) is 19.5. The lowest BCUT2D eigenvalue weighted by Gasteiger charge is -2.23. The number of carbonyl (C=O) groups excluding carboxylic acids is 1. The van der Waals surface area contributed by atoms with E-state index in [2.05, 4.69) is 15.1 Å². The SMILES string of the molecule is Cc1nc(-c2cnn(C)c2COC(=O)N(C)Cc2ccccc2)ncc1OC1CCCCC1. The van der Waals surface area contributed by atoms with E-state index in [1.54, 1.807) is 29.0 Å². The third-order valence-corrected chi connectivity index (χ3v) is 5.99. The molecule has 1 fully saturated rings. The third-order valence-electron chi connectivity index (χ3n) is 5.99. The fourth-order valence-electron chi connectivity index (χ4n) is 4.05. The molecule has 1 saturated carbocycles. The van der Waals surface area contributed by atoms with Crippen LogP contribution in [0.2, 0.25) is 0 Å². The van der Waals surface area contributed by atoms with E-state index in [-0.39, 0.29) is 12.7 Å². The topological polar surface area (TPSA) is 82.4 Å². The Bertz CT molecular complexity index is 1080. The smallest absolute Gasteiger partial charge is 0.410 e. The molecule has 1 aliphatic carbocycles. The van der Waals surface area contributed by atoms with E-state index in [9.17, 15) is 4.79 Å². The molecule has 0 aliphatic heterocycles. The number of benzene rings is 1. The molecule has 2 heterocycles. The quantitative estimate of drug-likeness (QED) is 0.521. The highest BCUT2D eigenvalue weighted by molar-refractivity contribution is 5.67. The van der Waals surface area contributed by atoms with Crippen LogP contribution < -0.4 is 4.74 Å². The zero-order valence-corrected chi connectivity index (χ0v) is 19.5. The number of ether oxygens (including phenoxy) is 2. The van der Waals surface area contributed by atoms with Crippen molar-refractivity contribution in [3.8, 4) is 17.1 Å². The van der Waals surface area contributed by atoms with Gasteiger partial charge in [0.05, 0.1) is 35.4 Å². The van der Waals surface area contributed by atoms with Crippen molar-refractivity contribution in [3.63, 3.8) is 0 Å². The predicted octanol–water partition coefficient (Wildman–Crippen LogP) is 4.67. The molecule has 8 heteroatoms. The van der Waals surface area contributed by atoms with Crippen molar-refractivity contribution in [1.82, 2.24) is 24.6 Å². The van der Waals surface area contributed by atoms with Gasteiger partial charge in [0.25, 0.3) is 0 Å². The van der Waals surface area contributed by atoms with Crippen LogP contribution >= 0.6 is 0 Å². The van der Waals surface area contributed by atoms with Crippen LogP contribution in [-0.2, 0) is 24.9 Å². The van der Waals surface area contributed by atoms with Crippen molar-refractivity contribution < 1.29 is 14.3 Å². The van der Waals surface area contributed by atoms with Gasteiger partial charge in [0.1, 0.15) is 6.61 Å². The Balaban J connectivity index is 1.42. The average Bonchev–Trinajstić information content (AvgIpc) is 3.20. The van der Waals surface area contributed by atoms with E-state index in [0.717, 1.165) is 41.1 Å². The summed E-state index contributed by atoms with van der Waals surface area (Å²) in [5.74, 6) is 1.27. The number of nitrogens with zero attached hydrogens (tertiary/aromatic N) is 5. The number of carbonyl (C=O) groups is 1. The highest BCUT2D eigenvalue weighted by Gasteiger charge is 2.20. The van der Waals surface area contributed by atoms with E-state index in [1.807, 2.05) is 44.3 Å². The summed E-state index contributed by atoms with van der Waals surface area (Å²) in [6, 6.07) is 9.80. The van der Waals surface area contributed by atoms with Crippen molar-refractivity contribution in [3.05, 3.63) is 59.7 Å². The Morgan fingerprint density at radius 3 is 2.64 bits per heavy atom. The van der Waals surface area contributed by atoms with E-state index >= 15 is 0 Å². The highest BCUT2D eigenvalue weighted by atomic mass is 16.6. The first-order valence-corrected chi connectivity index (χ1v) is 11.4. The minimum atomic E-state index is -0.403. The monoisotopic (exact) mass is 449 g/mol. The van der Waals surface area contributed by atoms with Crippen molar-refractivity contribution in [1.29, 1.82) is 0 Å². The number of aromatic nitrogens is 4. The minimum absolute atomic E-state index is 0.0759. The molecule has 0 bridgehead atoms. The number of amides is 1. The lowest BCUT2D eigenvalue weighted by Crippen LogP contribution is -2.27. The minimum Gasteiger partial charge on any atom is -0.487 e. The second-order valence-electron chi connectivity index (χ2n) is 8.55. The first kappa shape index (κ1) is 22.8. The van der Waals surface area contributed by atoms with Crippen LogP contribution in [0.25, 0.3) is 11.4 Å². The van der Waals surface area contributed by atoms with Gasteiger partial charge in [-0.1, -0.05) is 36.8 Å². The van der Waals surface area contributed by atoms with E-state index in [4.69, 9.17) is 9.47 Å². The molecule has 3 aromatic rings. The van der Waals surface area contributed by atoms with E-state index in [0.29, 0.717) is 12.4 Å². The summed E-state index contributed by atoms with van der Waals surface area (Å²) >= 11 is 0. The molecule has 1 aliphatic rings. The summed E-state index contributed by atoms with van der Waals surface area (Å²) in [6.07, 6.45) is 9.14. The molecule has 1 aromatic carbocycles. The fraction of sp³-hybridized carbons (Fsp3) is 0.440. The van der Waals surface area contributed by atoms with Gasteiger partial charge >= 0.3 is 6.09 Å². The van der Waals surface area contributed by atoms with Gasteiger partial charge in [-0.3, -0.25) is 4.68 Å². The van der Waals surface area contributed by atoms with Crippen LogP contribution in [0.4, 0.5) is 4.79 Å². The van der Waals surface area contributed by atoms with Crippen LogP contribution in [0.15, 0.2) is 42.7 Å². The van der Waals surface area contributed by atoms with Gasteiger partial charge in [-0.2, -0.15) is 5.10 Å². The number of hydrogen-bond acceptors (Lipinski definition) is 6. The molecule has 2 aromatic heterocycles. The Labute approximate surface area is 194 Å². The Morgan fingerprint density at radius 2 is 1.91 bits per heavy atom. The van der Waals surface area contributed by atoms with Crippen LogP contribution in [0.1, 0.15) is 49.1 Å². The Hall–Kier alpha value is -3.42. The second kappa shape index (κ2) is 10.5. The maximum absolute atomic E-state index is 12.5. The average molecular weight is 450 g/mol. The molecule has 33 heavy (non-hydrogen) atoms. The largest absolute Gasteiger partial charge is 0.487 e. The van der Waals surface area contributed by atoms with Crippen molar-refractivity contribution in [2.24, 2.45) is 7.05 Å². The molecule has 0 N–H and O–H groups in total. The van der Waals surface area contributed by atoms with Gasteiger partial charge < -0.3 is 14.4 Å². The van der Waals surface area contributed by atoms with Gasteiger partial charge in [-0.15, -0.1) is 0 Å². The van der Waals surface area contributed by atoms with Gasteiger partial charge in [-0.25, -0.2) is 14.8 Å². The molecule has 0 radical (unpaired) electrons. The third kappa shape index (κ3) is 5.69. The first-order valence-electron chi connectivity index (χ1n) is 11.4. The van der Waals surface area contributed by atoms with Crippen molar-refractivity contribution >= 4 is 6.09 Å². The Kier molecular flexibility index (Phi) is 7.22. The summed E-state index contributed by atoms with van der Waals surface area (Å²) in [4.78, 5) is 23.2. The summed E-state index contributed by atoms with van der Waals surface area (Å²) in [5, 5.41) is 4.33. The van der Waals surface area contributed by atoms with Crippen LogP contribution in [-0.4, -0.2) is 43.9 Å². The lowest BCUT2D eigenvalue weighted by atomic mass is 9.98. The molecule has 0 saturated heterocycles. The molecule has 1 amide bonds. The molecule has 0 unspecified atom stereocenters. The zero-order chi connectivity index (χ0) is 23.2. The molecular weight excluding hydrogens is 418 g/mol. The summed E-state index contributed by atoms with van der Waals surface area (Å²) in [5.41, 5.74) is 3.30. The van der Waals surface area contributed by atoms with Crippen molar-refractivity contribution in [2.75, 3.05) is 7.05 Å². The molecule has 0 spiro atoms. The molecule has 4 rings (SSSR count). The number of rotatable bonds is 7. The van der Waals surface area contributed by atoms with Gasteiger partial charge in [0.2, 0.25) is 0 Å². The normalized spacial score (nSPS) is 14.2. The maximum Gasteiger partial charge on any atom is 0.410 e. The van der Waals surface area contributed by atoms with Gasteiger partial charge in [0.15, 0.2) is 11.6 Å². The summed E-state index contributed by atoms with van der Waals surface area (Å²) in [7, 11) is 3.53. The molecular formula is C25H31N5O3. The van der Waals surface area contributed by atoms with Crippen LogP contribution in [0.5, 0.6) is 5.75 Å². The second-order valence-corrected chi connectivity index (χ2v) is 8.55. The number of hydrogen-bond donors (Lipinski definition) is 0. The van der Waals surface area contributed by atoms with E-state index < -0.39 is 6.09 Å². The molecule has 0 atom stereocenters. The van der Waals surface area contributed by atoms with E-state index in [1.165, 1.54) is 19.3 Å². The maximum atomic E-state index is 12.5. The van der Waals surface area contributed by atoms with Crippen LogP contribution in [0.3, 0.4) is 0 Å². The highest BCUT2D eigenvalue weighted by Crippen LogP contribution is 2.27. The lowest BCUT2D eigenvalue weighted by molar-refractivity contribution is 0.100. The molecule has 174 valence electrons. The van der Waals surface area contributed by atoms with Crippen molar-refractivity contribution in [2.45, 2.75) is 58.3 Å². The summed E-state index contributed by atoms with van der Waals surface area (Å²) in [6.45, 7) is 2.48. The Morgan fingerprint density at radius 1 is 1.15 bits per heavy atom. The first-order chi connectivity index (χ1) is 16.0. The van der Waals surface area contributed by atoms with Gasteiger partial charge in [-0.05, 0) is 38.2 Å². The summed E-state index contributed by atoms with van der Waals surface area (Å²) < 4.78 is 13.4. The van der Waals surface area contributed by atoms with Gasteiger partial charge in [0, 0.05) is 20.6 Å². The van der Waals surface area contributed by atoms with Crippen LogP contribution in [0, 0.1) is 6.92 Å².